The molecule has 0 rings (SSSR count). The van der Waals surface area contributed by atoms with Gasteiger partial charge in [0, 0.05) is 0 Å². The smallest absolute Gasteiger partial charge is 0.894 e. The third-order valence-corrected chi connectivity index (χ3v) is 0.1000. The summed E-state index contributed by atoms with van der Waals surface area (Å²) in [6, 6.07) is 0. The number of rotatable bonds is 1. The van der Waals surface area contributed by atoms with Gasteiger partial charge < -0.3 is 94.9 Å². The molecule has 0 heterocycles. The molecule has 0 fully saturated rings. The second-order valence-corrected chi connectivity index (χ2v) is 4.95. The average molecular weight is 446 g/mol. The molecule has 0 atom stereocenters. The van der Waals surface area contributed by atoms with E-state index in [1.807, 2.05) is 0 Å². The molecular formula is C2H6Al4O14Si3. The Kier molecular flexibility index (Phi) is 57.4. The molecule has 21 heteroatoms. The molecule has 0 amide bonds. The zero-order chi connectivity index (χ0) is 16.9. The number of aliphatic hydroxyl groups is 2. The zero-order valence-corrected chi connectivity index (χ0v) is 18.6. The molecule has 14 nitrogen and oxygen atoms in total. The molecule has 0 aliphatic carbocycles. The van der Waals surface area contributed by atoms with Crippen LogP contribution >= 0.6 is 0 Å². The minimum Gasteiger partial charge on any atom is -0.894 e. The van der Waals surface area contributed by atoms with E-state index in [1.54, 1.807) is 0 Å². The van der Waals surface area contributed by atoms with Crippen LogP contribution < -0.4 is 57.5 Å². The Morgan fingerprint density at radius 2 is 0.435 bits per heavy atom. The van der Waals surface area contributed by atoms with Crippen LogP contribution in [0.5, 0.6) is 0 Å². The Labute approximate surface area is 176 Å². The predicted octanol–water partition coefficient (Wildman–Crippen LogP) is -18.0. The molecule has 0 unspecified atom stereocenters. The van der Waals surface area contributed by atoms with Crippen molar-refractivity contribution in [1.29, 1.82) is 0 Å². The Morgan fingerprint density at radius 1 is 0.391 bits per heavy atom. The molecule has 122 valence electrons. The van der Waals surface area contributed by atoms with Crippen molar-refractivity contribution in [2.24, 2.45) is 0 Å². The molecule has 0 spiro atoms. The Morgan fingerprint density at radius 3 is 0.435 bits per heavy atom. The monoisotopic (exact) mass is 446 g/mol. The van der Waals surface area contributed by atoms with Crippen LogP contribution in [-0.2, 0) is 0 Å². The van der Waals surface area contributed by atoms with E-state index >= 15 is 0 Å². The third kappa shape index (κ3) is 1150. The molecular weight excluding hydrogens is 440 g/mol. The Balaban J connectivity index is -0.0000000206. The molecule has 2 N–H and O–H groups in total. The van der Waals surface area contributed by atoms with Crippen LogP contribution in [0.3, 0.4) is 0 Å². The van der Waals surface area contributed by atoms with Gasteiger partial charge in [0.25, 0.3) is 0 Å². The van der Waals surface area contributed by atoms with Gasteiger partial charge in [-0.1, -0.05) is 0 Å². The summed E-state index contributed by atoms with van der Waals surface area (Å²) < 4.78 is 0. The first-order valence-electron chi connectivity index (χ1n) is 3.58. The molecule has 0 radical (unpaired) electrons. The molecule has 0 aliphatic heterocycles. The fraction of sp³-hybridized carbons (Fsp3) is 1.00. The average Bonchev–Trinajstić information content (AvgIpc) is 1.93. The van der Waals surface area contributed by atoms with Crippen molar-refractivity contribution >= 4 is 96.6 Å². The van der Waals surface area contributed by atoms with Crippen molar-refractivity contribution in [3.8, 4) is 0 Å². The van der Waals surface area contributed by atoms with Crippen LogP contribution in [-0.4, -0.2) is 120 Å². The van der Waals surface area contributed by atoms with Gasteiger partial charge in [0.05, 0.1) is 13.2 Å². The Hall–Kier alpha value is 2.22. The number of hydrogen-bond donors (Lipinski definition) is 2. The van der Waals surface area contributed by atoms with Crippen LogP contribution in [0.25, 0.3) is 0 Å². The summed E-state index contributed by atoms with van der Waals surface area (Å²) in [6.07, 6.45) is 0. The van der Waals surface area contributed by atoms with Gasteiger partial charge in [-0.05, 0) is 0 Å². The van der Waals surface area contributed by atoms with E-state index in [2.05, 4.69) is 0 Å². The number of aliphatic hydroxyl groups excluding tert-OH is 2. The van der Waals surface area contributed by atoms with E-state index in [4.69, 9.17) is 67.8 Å². The largest absolute Gasteiger partial charge is 3.00 e. The minimum absolute atomic E-state index is 0. The Bertz CT molecular complexity index is 132. The van der Waals surface area contributed by atoms with Gasteiger partial charge in [-0.3, -0.25) is 0 Å². The third-order valence-electron chi connectivity index (χ3n) is 0.1000. The van der Waals surface area contributed by atoms with Crippen LogP contribution in [0, 0.1) is 0 Å². The summed E-state index contributed by atoms with van der Waals surface area (Å²) in [5.41, 5.74) is 0. The second-order valence-electron chi connectivity index (χ2n) is 1.95. The van der Waals surface area contributed by atoms with Crippen molar-refractivity contribution in [2.75, 3.05) is 13.2 Å². The van der Waals surface area contributed by atoms with Crippen LogP contribution in [0.1, 0.15) is 0 Å². The summed E-state index contributed by atoms with van der Waals surface area (Å²) in [6.45, 7) is -0.250. The van der Waals surface area contributed by atoms with Crippen molar-refractivity contribution in [3.63, 3.8) is 0 Å². The first-order chi connectivity index (χ1) is 7.91. The SMILES string of the molecule is OCCO.[Al+3].[Al+3].[Al+3].[Al+3].[O-][Si]([O-])([O-])[O-].[O-][Si]([O-])([O-])[O-].[O-][Si]([O-])([O-])[O-]. The fourth-order valence-corrected chi connectivity index (χ4v) is 0. The van der Waals surface area contributed by atoms with Gasteiger partial charge >= 0.3 is 69.4 Å². The topological polar surface area (TPSA) is 317 Å². The molecule has 0 aromatic carbocycles. The molecule has 23 heavy (non-hydrogen) atoms. The van der Waals surface area contributed by atoms with Gasteiger partial charge in [-0.2, -0.15) is 0 Å². The minimum atomic E-state index is -5.61. The van der Waals surface area contributed by atoms with E-state index in [0.717, 1.165) is 0 Å². The summed E-state index contributed by atoms with van der Waals surface area (Å²) >= 11 is 0. The molecule has 0 saturated heterocycles. The van der Waals surface area contributed by atoms with Gasteiger partial charge in [0.15, 0.2) is 0 Å². The maximum absolute atomic E-state index is 8.58. The summed E-state index contributed by atoms with van der Waals surface area (Å²) in [7, 11) is -16.8. The quantitative estimate of drug-likeness (QED) is 0.353. The second kappa shape index (κ2) is 26.4. The first-order valence-corrected chi connectivity index (χ1v) is 8.48. The van der Waals surface area contributed by atoms with Crippen molar-refractivity contribution in [3.05, 3.63) is 0 Å². The van der Waals surface area contributed by atoms with E-state index in [1.165, 1.54) is 0 Å². The van der Waals surface area contributed by atoms with Crippen LogP contribution in [0.2, 0.25) is 0 Å². The van der Waals surface area contributed by atoms with Crippen LogP contribution in [0.4, 0.5) is 0 Å². The van der Waals surface area contributed by atoms with E-state index in [9.17, 15) is 0 Å². The van der Waals surface area contributed by atoms with Gasteiger partial charge in [0.2, 0.25) is 0 Å². The fourth-order valence-electron chi connectivity index (χ4n) is 0. The summed E-state index contributed by atoms with van der Waals surface area (Å²) in [5.74, 6) is 0. The molecule has 0 aromatic heterocycles. The van der Waals surface area contributed by atoms with E-state index in [-0.39, 0.29) is 82.7 Å². The molecule has 0 aliphatic rings. The van der Waals surface area contributed by atoms with E-state index in [0.29, 0.717) is 0 Å². The number of hydrogen-bond acceptors (Lipinski definition) is 14. The summed E-state index contributed by atoms with van der Waals surface area (Å²) in [4.78, 5) is 103. The van der Waals surface area contributed by atoms with Crippen molar-refractivity contribution < 1.29 is 67.8 Å². The van der Waals surface area contributed by atoms with Crippen LogP contribution in [0.15, 0.2) is 0 Å². The maximum atomic E-state index is 8.58. The van der Waals surface area contributed by atoms with Gasteiger partial charge in [-0.15, -0.1) is 0 Å². The molecule has 0 saturated carbocycles. The summed E-state index contributed by atoms with van der Waals surface area (Å²) in [5, 5.41) is 15.2. The predicted molar refractivity (Wildman–Crippen MR) is 54.4 cm³/mol. The maximum Gasteiger partial charge on any atom is 3.00 e. The standard InChI is InChI=1S/C2H6O2.4Al.3O4Si/c3-1-2-4;;;;;3*1-5(2,3)4/h3-4H,1-2H2;;;;;;;/q;4*+3;3*-4. The zero-order valence-electron chi connectivity index (χ0n) is 11.0. The van der Waals surface area contributed by atoms with E-state index < -0.39 is 27.1 Å². The molecule has 0 aromatic rings. The van der Waals surface area contributed by atoms with Crippen molar-refractivity contribution in [2.45, 2.75) is 0 Å². The van der Waals surface area contributed by atoms with Gasteiger partial charge in [0.1, 0.15) is 0 Å². The normalized spacial score (nSPS) is 9.13. The van der Waals surface area contributed by atoms with Gasteiger partial charge in [-0.25, -0.2) is 0 Å². The van der Waals surface area contributed by atoms with Crippen molar-refractivity contribution in [1.82, 2.24) is 0 Å². The molecule has 0 bridgehead atoms. The first kappa shape index (κ1) is 49.9.